The molecule has 1 atom stereocenters. The third kappa shape index (κ3) is 4.11. The second kappa shape index (κ2) is 7.89. The molecule has 0 amide bonds. The predicted molar refractivity (Wildman–Crippen MR) is 83.0 cm³/mol. The number of para-hydroxylation sites is 2. The van der Waals surface area contributed by atoms with Crippen LogP contribution in [0.15, 0.2) is 48.5 Å². The van der Waals surface area contributed by atoms with E-state index in [1.807, 2.05) is 30.3 Å². The summed E-state index contributed by atoms with van der Waals surface area (Å²) in [5.74, 6) is 1.44. The van der Waals surface area contributed by atoms with Gasteiger partial charge in [-0.15, -0.1) is 11.6 Å². The van der Waals surface area contributed by atoms with E-state index in [2.05, 4.69) is 0 Å². The van der Waals surface area contributed by atoms with Crippen molar-refractivity contribution in [2.24, 2.45) is 0 Å². The molecule has 112 valence electrons. The molecule has 0 saturated heterocycles. The second-order valence-corrected chi connectivity index (χ2v) is 4.97. The van der Waals surface area contributed by atoms with Gasteiger partial charge in [-0.3, -0.25) is 0 Å². The van der Waals surface area contributed by atoms with E-state index < -0.39 is 0 Å². The molecule has 21 heavy (non-hydrogen) atoms. The largest absolute Gasteiger partial charge is 0.493 e. The summed E-state index contributed by atoms with van der Waals surface area (Å²) in [5, 5.41) is 0. The van der Waals surface area contributed by atoms with Crippen LogP contribution in [-0.2, 0) is 0 Å². The first kappa shape index (κ1) is 15.6. The summed E-state index contributed by atoms with van der Waals surface area (Å²) in [7, 11) is 1.60. The highest BCUT2D eigenvalue weighted by Crippen LogP contribution is 2.28. The van der Waals surface area contributed by atoms with Crippen molar-refractivity contribution >= 4 is 11.6 Å². The van der Waals surface area contributed by atoms with Crippen molar-refractivity contribution < 1.29 is 13.9 Å². The molecule has 0 aliphatic carbocycles. The van der Waals surface area contributed by atoms with Gasteiger partial charge in [-0.2, -0.15) is 0 Å². The lowest BCUT2D eigenvalue weighted by atomic mass is 9.97. The molecule has 0 saturated carbocycles. The van der Waals surface area contributed by atoms with E-state index in [0.29, 0.717) is 36.0 Å². The Kier molecular flexibility index (Phi) is 5.88. The van der Waals surface area contributed by atoms with Crippen LogP contribution in [0.25, 0.3) is 0 Å². The van der Waals surface area contributed by atoms with Gasteiger partial charge in [-0.25, -0.2) is 4.39 Å². The van der Waals surface area contributed by atoms with Gasteiger partial charge in [0.1, 0.15) is 5.82 Å². The molecular formula is C17H18ClFO2. The van der Waals surface area contributed by atoms with E-state index in [-0.39, 0.29) is 11.7 Å². The Morgan fingerprint density at radius 1 is 1.05 bits per heavy atom. The van der Waals surface area contributed by atoms with Crippen molar-refractivity contribution in [3.63, 3.8) is 0 Å². The molecule has 0 aliphatic rings. The highest BCUT2D eigenvalue weighted by atomic mass is 35.5. The summed E-state index contributed by atoms with van der Waals surface area (Å²) in [5.41, 5.74) is 0.635. The monoisotopic (exact) mass is 308 g/mol. The van der Waals surface area contributed by atoms with E-state index >= 15 is 0 Å². The van der Waals surface area contributed by atoms with Gasteiger partial charge in [-0.1, -0.05) is 30.3 Å². The first-order chi connectivity index (χ1) is 10.3. The van der Waals surface area contributed by atoms with Gasteiger partial charge >= 0.3 is 0 Å². The number of rotatable bonds is 7. The number of ether oxygens (including phenoxy) is 2. The molecule has 4 heteroatoms. The maximum absolute atomic E-state index is 13.8. The Balaban J connectivity index is 1.97. The standard InChI is InChI=1S/C17H18ClFO2/c1-20-16-8-4-5-9-17(16)21-11-10-13(12-18)14-6-2-3-7-15(14)19/h2-9,13H,10-12H2,1H3. The number of hydrogen-bond donors (Lipinski definition) is 0. The first-order valence-corrected chi connectivity index (χ1v) is 7.36. The third-order valence-electron chi connectivity index (χ3n) is 3.32. The van der Waals surface area contributed by atoms with E-state index in [4.69, 9.17) is 21.1 Å². The fourth-order valence-electron chi connectivity index (χ4n) is 2.17. The molecule has 0 spiro atoms. The zero-order valence-electron chi connectivity index (χ0n) is 11.9. The maximum atomic E-state index is 13.8. The number of methoxy groups -OCH3 is 1. The van der Waals surface area contributed by atoms with Crippen molar-refractivity contribution in [3.05, 3.63) is 59.9 Å². The summed E-state index contributed by atoms with van der Waals surface area (Å²) in [6.07, 6.45) is 0.641. The van der Waals surface area contributed by atoms with Crippen LogP contribution in [0.4, 0.5) is 4.39 Å². The summed E-state index contributed by atoms with van der Waals surface area (Å²) in [6.45, 7) is 0.450. The molecule has 0 aliphatic heterocycles. The molecule has 1 unspecified atom stereocenters. The Bertz CT molecular complexity index is 574. The molecule has 2 aromatic rings. The Morgan fingerprint density at radius 3 is 2.38 bits per heavy atom. The van der Waals surface area contributed by atoms with Crippen LogP contribution in [0.5, 0.6) is 11.5 Å². The third-order valence-corrected chi connectivity index (χ3v) is 3.70. The van der Waals surface area contributed by atoms with Gasteiger partial charge in [-0.05, 0) is 30.2 Å². The molecule has 0 heterocycles. The van der Waals surface area contributed by atoms with Crippen LogP contribution < -0.4 is 9.47 Å². The fraction of sp³-hybridized carbons (Fsp3) is 0.294. The van der Waals surface area contributed by atoms with E-state index in [9.17, 15) is 4.39 Å². The second-order valence-electron chi connectivity index (χ2n) is 4.66. The molecule has 2 rings (SSSR count). The molecule has 2 aromatic carbocycles. The molecular weight excluding hydrogens is 291 g/mol. The van der Waals surface area contributed by atoms with E-state index in [0.717, 1.165) is 0 Å². The van der Waals surface area contributed by atoms with Crippen molar-refractivity contribution in [2.75, 3.05) is 19.6 Å². The summed E-state index contributed by atoms with van der Waals surface area (Å²) >= 11 is 5.97. The molecule has 0 bridgehead atoms. The van der Waals surface area contributed by atoms with Gasteiger partial charge in [0.05, 0.1) is 13.7 Å². The van der Waals surface area contributed by atoms with Crippen molar-refractivity contribution in [2.45, 2.75) is 12.3 Å². The van der Waals surface area contributed by atoms with Gasteiger partial charge in [0.15, 0.2) is 11.5 Å². The van der Waals surface area contributed by atoms with Gasteiger partial charge in [0, 0.05) is 11.8 Å². The topological polar surface area (TPSA) is 18.5 Å². The quantitative estimate of drug-likeness (QED) is 0.695. The number of benzene rings is 2. The smallest absolute Gasteiger partial charge is 0.161 e. The normalized spacial score (nSPS) is 12.0. The van der Waals surface area contributed by atoms with Crippen molar-refractivity contribution in [1.29, 1.82) is 0 Å². The van der Waals surface area contributed by atoms with E-state index in [1.165, 1.54) is 6.07 Å². The molecule has 0 fully saturated rings. The van der Waals surface area contributed by atoms with E-state index in [1.54, 1.807) is 19.2 Å². The minimum atomic E-state index is -0.222. The van der Waals surface area contributed by atoms with Crippen LogP contribution in [0.1, 0.15) is 17.9 Å². The maximum Gasteiger partial charge on any atom is 0.161 e. The summed E-state index contributed by atoms with van der Waals surface area (Å²) in [6, 6.07) is 14.2. The van der Waals surface area contributed by atoms with Gasteiger partial charge in [0.2, 0.25) is 0 Å². The molecule has 0 aromatic heterocycles. The Hall–Kier alpha value is -1.74. The summed E-state index contributed by atoms with van der Waals surface area (Å²) in [4.78, 5) is 0. The molecule has 0 radical (unpaired) electrons. The fourth-order valence-corrected chi connectivity index (χ4v) is 2.49. The Labute approximate surface area is 129 Å². The zero-order valence-corrected chi connectivity index (χ0v) is 12.6. The molecule has 2 nitrogen and oxygen atoms in total. The highest BCUT2D eigenvalue weighted by molar-refractivity contribution is 6.18. The first-order valence-electron chi connectivity index (χ1n) is 6.82. The van der Waals surface area contributed by atoms with Crippen LogP contribution in [0.2, 0.25) is 0 Å². The number of hydrogen-bond acceptors (Lipinski definition) is 2. The van der Waals surface area contributed by atoms with Crippen molar-refractivity contribution in [1.82, 2.24) is 0 Å². The minimum Gasteiger partial charge on any atom is -0.493 e. The van der Waals surface area contributed by atoms with Crippen LogP contribution >= 0.6 is 11.6 Å². The summed E-state index contributed by atoms with van der Waals surface area (Å²) < 4.78 is 24.7. The molecule has 0 N–H and O–H groups in total. The van der Waals surface area contributed by atoms with Gasteiger partial charge in [0.25, 0.3) is 0 Å². The van der Waals surface area contributed by atoms with Crippen LogP contribution in [0.3, 0.4) is 0 Å². The Morgan fingerprint density at radius 2 is 1.71 bits per heavy atom. The zero-order chi connectivity index (χ0) is 15.1. The average molecular weight is 309 g/mol. The number of halogens is 2. The minimum absolute atomic E-state index is 0.0671. The lowest BCUT2D eigenvalue weighted by Gasteiger charge is -2.16. The number of alkyl halides is 1. The highest BCUT2D eigenvalue weighted by Gasteiger charge is 2.15. The van der Waals surface area contributed by atoms with Crippen molar-refractivity contribution in [3.8, 4) is 11.5 Å². The lowest BCUT2D eigenvalue weighted by molar-refractivity contribution is 0.281. The average Bonchev–Trinajstić information content (AvgIpc) is 2.53. The predicted octanol–water partition coefficient (Wildman–Crippen LogP) is 4.63. The van der Waals surface area contributed by atoms with Crippen LogP contribution in [-0.4, -0.2) is 19.6 Å². The van der Waals surface area contributed by atoms with Gasteiger partial charge < -0.3 is 9.47 Å². The lowest BCUT2D eigenvalue weighted by Crippen LogP contribution is -2.09. The van der Waals surface area contributed by atoms with Crippen LogP contribution in [0, 0.1) is 5.82 Å². The SMILES string of the molecule is COc1ccccc1OCCC(CCl)c1ccccc1F.